The molecule has 2 saturated heterocycles. The number of aromatic nitrogens is 2. The minimum absolute atomic E-state index is 0.295. The summed E-state index contributed by atoms with van der Waals surface area (Å²) in [7, 11) is -3.45. The Morgan fingerprint density at radius 2 is 1.67 bits per heavy atom. The van der Waals surface area contributed by atoms with Gasteiger partial charge in [-0.1, -0.05) is 19.3 Å². The second-order valence-corrected chi connectivity index (χ2v) is 11.0. The van der Waals surface area contributed by atoms with Gasteiger partial charge in [0.15, 0.2) is 0 Å². The van der Waals surface area contributed by atoms with Gasteiger partial charge in [0.05, 0.1) is 0 Å². The Balaban J connectivity index is 1.31. The second kappa shape index (κ2) is 8.02. The topological polar surface area (TPSA) is 66.4 Å². The molecule has 3 aliphatic rings. The molecule has 1 spiro atoms. The summed E-state index contributed by atoms with van der Waals surface area (Å²) in [5.74, 6) is 0. The molecule has 0 bridgehead atoms. The van der Waals surface area contributed by atoms with E-state index in [9.17, 15) is 8.42 Å². The standard InChI is InChI=1S/C23H30N4O2S/c28-30(29,21-5-4-12-25-17-21)26-15-8-20(9-16-26)27-18-23(10-2-1-3-11-23)22(27)19-6-13-24-14-7-19/h4-7,12-14,17,20,22H,1-3,8-11,15-16,18H2. The third-order valence-corrected chi connectivity index (χ3v) is 9.33. The average molecular weight is 427 g/mol. The number of pyridine rings is 2. The van der Waals surface area contributed by atoms with Crippen molar-refractivity contribution in [2.45, 2.75) is 61.9 Å². The molecule has 2 aromatic heterocycles. The van der Waals surface area contributed by atoms with E-state index in [2.05, 4.69) is 27.0 Å². The van der Waals surface area contributed by atoms with E-state index < -0.39 is 10.0 Å². The van der Waals surface area contributed by atoms with E-state index in [4.69, 9.17) is 0 Å². The zero-order chi connectivity index (χ0) is 20.6. The van der Waals surface area contributed by atoms with Gasteiger partial charge in [-0.3, -0.25) is 14.9 Å². The van der Waals surface area contributed by atoms with E-state index in [1.54, 1.807) is 22.6 Å². The highest BCUT2D eigenvalue weighted by Gasteiger charge is 2.55. The molecular weight excluding hydrogens is 396 g/mol. The molecule has 1 atom stereocenters. The van der Waals surface area contributed by atoms with Crippen molar-refractivity contribution >= 4 is 10.0 Å². The van der Waals surface area contributed by atoms with Gasteiger partial charge in [-0.15, -0.1) is 0 Å². The lowest BCUT2D eigenvalue weighted by Gasteiger charge is -2.63. The van der Waals surface area contributed by atoms with Crippen LogP contribution in [0.4, 0.5) is 0 Å². The predicted octanol–water partition coefficient (Wildman–Crippen LogP) is 3.64. The summed E-state index contributed by atoms with van der Waals surface area (Å²) < 4.78 is 27.5. The van der Waals surface area contributed by atoms with Crippen molar-refractivity contribution in [2.24, 2.45) is 5.41 Å². The van der Waals surface area contributed by atoms with Gasteiger partial charge in [0, 0.05) is 61.9 Å². The lowest BCUT2D eigenvalue weighted by Crippen LogP contribution is -2.63. The van der Waals surface area contributed by atoms with Gasteiger partial charge in [-0.25, -0.2) is 8.42 Å². The average Bonchev–Trinajstić information content (AvgIpc) is 2.80. The first-order valence-corrected chi connectivity index (χ1v) is 12.6. The van der Waals surface area contributed by atoms with Gasteiger partial charge in [0.25, 0.3) is 0 Å². The molecule has 1 saturated carbocycles. The van der Waals surface area contributed by atoms with Gasteiger partial charge in [-0.05, 0) is 55.5 Å². The predicted molar refractivity (Wildman–Crippen MR) is 115 cm³/mol. The van der Waals surface area contributed by atoms with Gasteiger partial charge in [0.2, 0.25) is 10.0 Å². The summed E-state index contributed by atoms with van der Waals surface area (Å²) in [5, 5.41) is 0. The highest BCUT2D eigenvalue weighted by atomic mass is 32.2. The molecule has 4 heterocycles. The van der Waals surface area contributed by atoms with Gasteiger partial charge in [0.1, 0.15) is 4.90 Å². The van der Waals surface area contributed by atoms with E-state index in [0.717, 1.165) is 19.4 Å². The molecule has 5 rings (SSSR count). The Morgan fingerprint density at radius 1 is 0.933 bits per heavy atom. The van der Waals surface area contributed by atoms with E-state index in [0.29, 0.717) is 35.5 Å². The van der Waals surface area contributed by atoms with Gasteiger partial charge >= 0.3 is 0 Å². The van der Waals surface area contributed by atoms with Crippen molar-refractivity contribution in [3.05, 3.63) is 54.6 Å². The number of rotatable bonds is 4. The van der Waals surface area contributed by atoms with Crippen LogP contribution in [0.1, 0.15) is 56.6 Å². The van der Waals surface area contributed by atoms with E-state index in [-0.39, 0.29) is 0 Å². The summed E-state index contributed by atoms with van der Waals surface area (Å²) in [5.41, 5.74) is 1.78. The van der Waals surface area contributed by atoms with Crippen LogP contribution in [0.3, 0.4) is 0 Å². The zero-order valence-corrected chi connectivity index (χ0v) is 18.2. The molecule has 1 unspecified atom stereocenters. The monoisotopic (exact) mass is 426 g/mol. The normalized spacial score (nSPS) is 25.8. The highest BCUT2D eigenvalue weighted by Crippen LogP contribution is 2.58. The van der Waals surface area contributed by atoms with E-state index >= 15 is 0 Å². The SMILES string of the molecule is O=S(=O)(c1cccnc1)N1CCC(N2CC3(CCCCC3)C2c2ccncc2)CC1. The largest absolute Gasteiger partial charge is 0.292 e. The van der Waals surface area contributed by atoms with Crippen LogP contribution in [0, 0.1) is 5.41 Å². The number of piperidine rings is 1. The van der Waals surface area contributed by atoms with Crippen molar-refractivity contribution < 1.29 is 8.42 Å². The van der Waals surface area contributed by atoms with Crippen molar-refractivity contribution in [3.8, 4) is 0 Å². The third-order valence-electron chi connectivity index (χ3n) is 7.44. The number of sulfonamides is 1. The quantitative estimate of drug-likeness (QED) is 0.747. The molecular formula is C23H30N4O2S. The van der Waals surface area contributed by atoms with Crippen molar-refractivity contribution in [1.29, 1.82) is 0 Å². The second-order valence-electron chi connectivity index (χ2n) is 9.10. The Hall–Kier alpha value is -1.83. The maximum absolute atomic E-state index is 12.9. The molecule has 1 aliphatic carbocycles. The summed E-state index contributed by atoms with van der Waals surface area (Å²) in [6, 6.07) is 8.56. The number of nitrogens with zero attached hydrogens (tertiary/aromatic N) is 4. The summed E-state index contributed by atoms with van der Waals surface area (Å²) in [6.07, 6.45) is 15.3. The van der Waals surface area contributed by atoms with Crippen LogP contribution in [0.25, 0.3) is 0 Å². The molecule has 6 nitrogen and oxygen atoms in total. The first kappa shape index (κ1) is 20.1. The van der Waals surface area contributed by atoms with Crippen LogP contribution in [-0.4, -0.2) is 53.3 Å². The van der Waals surface area contributed by atoms with E-state index in [1.165, 1.54) is 43.9 Å². The fraction of sp³-hybridized carbons (Fsp3) is 0.565. The van der Waals surface area contributed by atoms with Crippen LogP contribution in [-0.2, 0) is 10.0 Å². The Labute approximate surface area is 179 Å². The zero-order valence-electron chi connectivity index (χ0n) is 17.4. The van der Waals surface area contributed by atoms with Crippen LogP contribution in [0.15, 0.2) is 53.9 Å². The van der Waals surface area contributed by atoms with Gasteiger partial charge in [-0.2, -0.15) is 4.31 Å². The fourth-order valence-electron chi connectivity index (χ4n) is 5.96. The molecule has 30 heavy (non-hydrogen) atoms. The molecule has 0 N–H and O–H groups in total. The van der Waals surface area contributed by atoms with Crippen LogP contribution in [0.2, 0.25) is 0 Å². The third kappa shape index (κ3) is 3.47. The molecule has 0 aromatic carbocycles. The smallest absolute Gasteiger partial charge is 0.244 e. The van der Waals surface area contributed by atoms with E-state index in [1.807, 2.05) is 12.4 Å². The minimum atomic E-state index is -3.45. The van der Waals surface area contributed by atoms with Crippen LogP contribution < -0.4 is 0 Å². The number of hydrogen-bond acceptors (Lipinski definition) is 5. The molecule has 0 radical (unpaired) electrons. The summed E-state index contributed by atoms with van der Waals surface area (Å²) in [4.78, 5) is 11.2. The molecule has 7 heteroatoms. The maximum atomic E-state index is 12.9. The minimum Gasteiger partial charge on any atom is -0.292 e. The van der Waals surface area contributed by atoms with Gasteiger partial charge < -0.3 is 0 Å². The molecule has 2 aromatic rings. The van der Waals surface area contributed by atoms with Crippen molar-refractivity contribution in [3.63, 3.8) is 0 Å². The van der Waals surface area contributed by atoms with Crippen molar-refractivity contribution in [1.82, 2.24) is 19.2 Å². The lowest BCUT2D eigenvalue weighted by atomic mass is 9.60. The summed E-state index contributed by atoms with van der Waals surface area (Å²) >= 11 is 0. The maximum Gasteiger partial charge on any atom is 0.244 e. The first-order chi connectivity index (χ1) is 14.6. The lowest BCUT2D eigenvalue weighted by molar-refractivity contribution is -0.131. The molecule has 0 amide bonds. The Morgan fingerprint density at radius 3 is 2.33 bits per heavy atom. The van der Waals surface area contributed by atoms with Crippen molar-refractivity contribution in [2.75, 3.05) is 19.6 Å². The van der Waals surface area contributed by atoms with Crippen LogP contribution >= 0.6 is 0 Å². The van der Waals surface area contributed by atoms with Crippen LogP contribution in [0.5, 0.6) is 0 Å². The Bertz CT molecular complexity index is 953. The highest BCUT2D eigenvalue weighted by molar-refractivity contribution is 7.89. The molecule has 160 valence electrons. The first-order valence-electron chi connectivity index (χ1n) is 11.2. The molecule has 2 aliphatic heterocycles. The fourth-order valence-corrected chi connectivity index (χ4v) is 7.40. The Kier molecular flexibility index (Phi) is 5.37. The summed E-state index contributed by atoms with van der Waals surface area (Å²) in [6.45, 7) is 2.31. The number of likely N-dealkylation sites (tertiary alicyclic amines) is 1. The molecule has 3 fully saturated rings. The number of hydrogen-bond donors (Lipinski definition) is 0.